The molecule has 1 atom stereocenters. The van der Waals surface area contributed by atoms with Crippen LogP contribution in [0.1, 0.15) is 63.5 Å². The van der Waals surface area contributed by atoms with Crippen molar-refractivity contribution in [3.63, 3.8) is 0 Å². The number of hydrogen-bond acceptors (Lipinski definition) is 5. The Bertz CT molecular complexity index is 1440. The molecule has 42 heavy (non-hydrogen) atoms. The van der Waals surface area contributed by atoms with Gasteiger partial charge < -0.3 is 15.0 Å². The Morgan fingerprint density at radius 1 is 0.905 bits per heavy atom. The van der Waals surface area contributed by atoms with Crippen molar-refractivity contribution in [1.29, 1.82) is 0 Å². The molecule has 0 bridgehead atoms. The maximum absolute atomic E-state index is 14.1. The van der Waals surface area contributed by atoms with Crippen LogP contribution in [0.3, 0.4) is 0 Å². The summed E-state index contributed by atoms with van der Waals surface area (Å²) in [5.41, 5.74) is 2.23. The number of carbonyl (C=O) groups excluding carboxylic acids is 2. The van der Waals surface area contributed by atoms with Crippen molar-refractivity contribution in [1.82, 2.24) is 10.2 Å². The number of amides is 2. The third-order valence-corrected chi connectivity index (χ3v) is 9.63. The lowest BCUT2D eigenvalue weighted by atomic mass is 10.0. The number of rotatable bonds is 12. The fraction of sp³-hybridized carbons (Fsp3) is 0.394. The summed E-state index contributed by atoms with van der Waals surface area (Å²) in [5, 5.41) is 3.09. The van der Waals surface area contributed by atoms with Crippen molar-refractivity contribution < 1.29 is 22.7 Å². The van der Waals surface area contributed by atoms with Crippen LogP contribution in [0.25, 0.3) is 0 Å². The Morgan fingerprint density at radius 2 is 1.52 bits per heavy atom. The summed E-state index contributed by atoms with van der Waals surface area (Å²) in [6, 6.07) is 21.8. The second-order valence-electron chi connectivity index (χ2n) is 11.1. The monoisotopic (exact) mass is 591 g/mol. The van der Waals surface area contributed by atoms with Gasteiger partial charge in [-0.05, 0) is 73.2 Å². The SMILES string of the molecule is COc1ccc(CN(C(=O)CN(c2ccc(C(C)C)cc2)S(=O)(=O)c2ccccc2)C(C)C(=O)NC2CCCC2)cc1. The van der Waals surface area contributed by atoms with Crippen molar-refractivity contribution in [2.24, 2.45) is 0 Å². The van der Waals surface area contributed by atoms with E-state index in [2.05, 4.69) is 19.2 Å². The van der Waals surface area contributed by atoms with E-state index in [1.54, 1.807) is 56.5 Å². The average molecular weight is 592 g/mol. The summed E-state index contributed by atoms with van der Waals surface area (Å²) in [7, 11) is -2.51. The molecule has 1 aliphatic rings. The van der Waals surface area contributed by atoms with Crippen LogP contribution >= 0.6 is 0 Å². The van der Waals surface area contributed by atoms with Crippen LogP contribution in [-0.4, -0.2) is 50.9 Å². The number of carbonyl (C=O) groups is 2. The van der Waals surface area contributed by atoms with E-state index < -0.39 is 28.5 Å². The summed E-state index contributed by atoms with van der Waals surface area (Å²) in [6.07, 6.45) is 3.96. The van der Waals surface area contributed by atoms with Gasteiger partial charge in [0.2, 0.25) is 11.8 Å². The van der Waals surface area contributed by atoms with E-state index in [0.29, 0.717) is 11.4 Å². The second-order valence-corrected chi connectivity index (χ2v) is 13.0. The fourth-order valence-corrected chi connectivity index (χ4v) is 6.61. The third-order valence-electron chi connectivity index (χ3n) is 7.84. The fourth-order valence-electron chi connectivity index (χ4n) is 5.18. The Labute approximate surface area is 249 Å². The quantitative estimate of drug-likeness (QED) is 0.301. The molecule has 0 saturated heterocycles. The molecule has 1 N–H and O–H groups in total. The molecule has 2 amide bonds. The molecule has 1 aliphatic carbocycles. The number of hydrogen-bond donors (Lipinski definition) is 1. The topological polar surface area (TPSA) is 96.0 Å². The lowest BCUT2D eigenvalue weighted by molar-refractivity contribution is -0.139. The summed E-state index contributed by atoms with van der Waals surface area (Å²) in [5.74, 6) is 0.211. The summed E-state index contributed by atoms with van der Waals surface area (Å²) in [6.45, 7) is 5.49. The van der Waals surface area contributed by atoms with Gasteiger partial charge in [-0.1, -0.05) is 69.2 Å². The van der Waals surface area contributed by atoms with Crippen LogP contribution in [0.2, 0.25) is 0 Å². The number of nitrogens with one attached hydrogen (secondary N) is 1. The van der Waals surface area contributed by atoms with E-state index in [1.165, 1.54) is 17.0 Å². The molecule has 0 aromatic heterocycles. The van der Waals surface area contributed by atoms with Crippen LogP contribution in [0.5, 0.6) is 5.75 Å². The van der Waals surface area contributed by atoms with Gasteiger partial charge in [0.15, 0.2) is 0 Å². The Hall–Kier alpha value is -3.85. The van der Waals surface area contributed by atoms with Gasteiger partial charge in [0.25, 0.3) is 10.0 Å². The maximum Gasteiger partial charge on any atom is 0.264 e. The Balaban J connectivity index is 1.68. The Kier molecular flexibility index (Phi) is 10.3. The minimum atomic E-state index is -4.09. The van der Waals surface area contributed by atoms with E-state index in [9.17, 15) is 18.0 Å². The van der Waals surface area contributed by atoms with Crippen molar-refractivity contribution in [3.8, 4) is 5.75 Å². The van der Waals surface area contributed by atoms with Crippen molar-refractivity contribution in [2.45, 2.75) is 75.9 Å². The first-order valence-corrected chi connectivity index (χ1v) is 15.9. The molecule has 3 aromatic rings. The van der Waals surface area contributed by atoms with Crippen LogP contribution in [0.4, 0.5) is 5.69 Å². The van der Waals surface area contributed by atoms with Crippen LogP contribution < -0.4 is 14.4 Å². The molecular weight excluding hydrogens is 550 g/mol. The van der Waals surface area contributed by atoms with Crippen molar-refractivity contribution >= 4 is 27.5 Å². The molecule has 0 aliphatic heterocycles. The highest BCUT2D eigenvalue weighted by atomic mass is 32.2. The highest BCUT2D eigenvalue weighted by Crippen LogP contribution is 2.27. The van der Waals surface area contributed by atoms with Gasteiger partial charge in [-0.15, -0.1) is 0 Å². The largest absolute Gasteiger partial charge is 0.497 e. The lowest BCUT2D eigenvalue weighted by Crippen LogP contribution is -2.52. The number of anilines is 1. The van der Waals surface area contributed by atoms with Crippen LogP contribution in [0, 0.1) is 0 Å². The summed E-state index contributed by atoms with van der Waals surface area (Å²) in [4.78, 5) is 29.0. The maximum atomic E-state index is 14.1. The zero-order chi connectivity index (χ0) is 30.3. The summed E-state index contributed by atoms with van der Waals surface area (Å²) >= 11 is 0. The standard InChI is InChI=1S/C33H41N3O5S/c1-24(2)27-16-18-29(19-17-27)36(42(39,40)31-12-6-5-7-13-31)23-32(37)35(22-26-14-20-30(41-4)21-15-26)25(3)33(38)34-28-10-8-9-11-28/h5-7,12-21,24-25,28H,8-11,22-23H2,1-4H3,(H,34,38). The second kappa shape index (κ2) is 13.9. The van der Waals surface area contributed by atoms with Gasteiger partial charge in [0.05, 0.1) is 17.7 Å². The first kappa shape index (κ1) is 31.1. The number of nitrogens with zero attached hydrogens (tertiary/aromatic N) is 2. The molecule has 224 valence electrons. The molecule has 1 fully saturated rings. The normalized spacial score (nSPS) is 14.4. The molecule has 3 aromatic carbocycles. The van der Waals surface area contributed by atoms with E-state index in [1.807, 2.05) is 24.3 Å². The van der Waals surface area contributed by atoms with E-state index in [0.717, 1.165) is 41.1 Å². The number of methoxy groups -OCH3 is 1. The van der Waals surface area contributed by atoms with E-state index in [4.69, 9.17) is 4.74 Å². The first-order valence-electron chi connectivity index (χ1n) is 14.5. The lowest BCUT2D eigenvalue weighted by Gasteiger charge is -2.32. The number of sulfonamides is 1. The molecule has 9 heteroatoms. The van der Waals surface area contributed by atoms with Crippen molar-refractivity contribution in [2.75, 3.05) is 18.0 Å². The molecule has 0 spiro atoms. The number of benzene rings is 3. The Morgan fingerprint density at radius 3 is 2.10 bits per heavy atom. The molecule has 1 unspecified atom stereocenters. The highest BCUT2D eigenvalue weighted by Gasteiger charge is 2.33. The minimum Gasteiger partial charge on any atom is -0.497 e. The zero-order valence-corrected chi connectivity index (χ0v) is 25.6. The molecule has 0 radical (unpaired) electrons. The van der Waals surface area contributed by atoms with Crippen LogP contribution in [-0.2, 0) is 26.2 Å². The third kappa shape index (κ3) is 7.50. The predicted molar refractivity (Wildman–Crippen MR) is 165 cm³/mol. The van der Waals surface area contributed by atoms with E-state index in [-0.39, 0.29) is 29.3 Å². The van der Waals surface area contributed by atoms with Gasteiger partial charge in [-0.25, -0.2) is 8.42 Å². The van der Waals surface area contributed by atoms with E-state index >= 15 is 0 Å². The van der Waals surface area contributed by atoms with Crippen LogP contribution in [0.15, 0.2) is 83.8 Å². The molecular formula is C33H41N3O5S. The van der Waals surface area contributed by atoms with Crippen molar-refractivity contribution in [3.05, 3.63) is 90.0 Å². The molecule has 1 saturated carbocycles. The summed E-state index contributed by atoms with van der Waals surface area (Å²) < 4.78 is 34.3. The van der Waals surface area contributed by atoms with Gasteiger partial charge in [0.1, 0.15) is 18.3 Å². The minimum absolute atomic E-state index is 0.0828. The predicted octanol–water partition coefficient (Wildman–Crippen LogP) is 5.49. The number of ether oxygens (including phenoxy) is 1. The zero-order valence-electron chi connectivity index (χ0n) is 24.8. The average Bonchev–Trinajstić information content (AvgIpc) is 3.52. The van der Waals surface area contributed by atoms with Gasteiger partial charge in [-0.3, -0.25) is 13.9 Å². The molecule has 4 rings (SSSR count). The van der Waals surface area contributed by atoms with Gasteiger partial charge in [-0.2, -0.15) is 0 Å². The smallest absolute Gasteiger partial charge is 0.264 e. The molecule has 0 heterocycles. The van der Waals surface area contributed by atoms with Gasteiger partial charge in [0, 0.05) is 12.6 Å². The van der Waals surface area contributed by atoms with Gasteiger partial charge >= 0.3 is 0 Å². The first-order chi connectivity index (χ1) is 20.1. The highest BCUT2D eigenvalue weighted by molar-refractivity contribution is 7.92. The molecule has 8 nitrogen and oxygen atoms in total.